The van der Waals surface area contributed by atoms with Gasteiger partial charge in [-0.25, -0.2) is 4.90 Å². The van der Waals surface area contributed by atoms with Gasteiger partial charge >= 0.3 is 0 Å². The number of carbonyl (C=O) groups excluding carboxylic acids is 2. The topological polar surface area (TPSA) is 37.4 Å². The molecule has 1 aromatic carbocycles. The number of aryl methyl sites for hydroxylation is 2. The number of benzene rings is 1. The van der Waals surface area contributed by atoms with Gasteiger partial charge in [0.15, 0.2) is 0 Å². The van der Waals surface area contributed by atoms with Gasteiger partial charge in [-0.1, -0.05) is 6.07 Å². The van der Waals surface area contributed by atoms with Crippen LogP contribution in [0.3, 0.4) is 0 Å². The zero-order valence-corrected chi connectivity index (χ0v) is 8.65. The van der Waals surface area contributed by atoms with E-state index in [0.717, 1.165) is 11.1 Å². The van der Waals surface area contributed by atoms with Crippen molar-refractivity contribution < 1.29 is 9.59 Å². The maximum absolute atomic E-state index is 11.4. The zero-order valence-electron chi connectivity index (χ0n) is 8.65. The van der Waals surface area contributed by atoms with Crippen molar-refractivity contribution in [2.45, 2.75) is 13.8 Å². The number of rotatable bonds is 1. The van der Waals surface area contributed by atoms with Crippen LogP contribution in [0.1, 0.15) is 11.1 Å². The van der Waals surface area contributed by atoms with E-state index in [1.807, 2.05) is 32.0 Å². The predicted octanol–water partition coefficient (Wildman–Crippen LogP) is 1.73. The first-order valence-electron chi connectivity index (χ1n) is 4.72. The van der Waals surface area contributed by atoms with Crippen LogP contribution in [0.5, 0.6) is 0 Å². The normalized spacial score (nSPS) is 15.2. The number of carbonyl (C=O) groups is 2. The van der Waals surface area contributed by atoms with Crippen LogP contribution in [0.15, 0.2) is 30.4 Å². The second-order valence-electron chi connectivity index (χ2n) is 3.69. The van der Waals surface area contributed by atoms with Gasteiger partial charge in [-0.15, -0.1) is 0 Å². The Morgan fingerprint density at radius 3 is 1.80 bits per heavy atom. The molecule has 0 radical (unpaired) electrons. The molecule has 1 aliphatic heterocycles. The molecule has 3 heteroatoms. The van der Waals surface area contributed by atoms with Gasteiger partial charge in [0.2, 0.25) is 0 Å². The van der Waals surface area contributed by atoms with E-state index in [-0.39, 0.29) is 11.8 Å². The van der Waals surface area contributed by atoms with Gasteiger partial charge in [-0.05, 0) is 37.1 Å². The fraction of sp³-hybridized carbons (Fsp3) is 0.167. The largest absolute Gasteiger partial charge is 0.269 e. The number of hydrogen-bond acceptors (Lipinski definition) is 2. The van der Waals surface area contributed by atoms with Crippen molar-refractivity contribution in [2.75, 3.05) is 4.90 Å². The molecule has 0 bridgehead atoms. The Hall–Kier alpha value is -1.90. The Morgan fingerprint density at radius 2 is 1.33 bits per heavy atom. The lowest BCUT2D eigenvalue weighted by atomic mass is 10.1. The molecule has 2 amide bonds. The van der Waals surface area contributed by atoms with Gasteiger partial charge in [0.25, 0.3) is 11.8 Å². The summed E-state index contributed by atoms with van der Waals surface area (Å²) in [7, 11) is 0. The molecule has 0 saturated carbocycles. The summed E-state index contributed by atoms with van der Waals surface area (Å²) >= 11 is 0. The fourth-order valence-corrected chi connectivity index (χ4v) is 1.73. The Labute approximate surface area is 88.0 Å². The molecule has 0 N–H and O–H groups in total. The zero-order chi connectivity index (χ0) is 11.0. The van der Waals surface area contributed by atoms with Gasteiger partial charge in [0.1, 0.15) is 0 Å². The summed E-state index contributed by atoms with van der Waals surface area (Å²) in [5.41, 5.74) is 2.72. The van der Waals surface area contributed by atoms with E-state index in [4.69, 9.17) is 0 Å². The molecule has 0 fully saturated rings. The monoisotopic (exact) mass is 201 g/mol. The third kappa shape index (κ3) is 1.68. The molecule has 1 heterocycles. The van der Waals surface area contributed by atoms with Crippen molar-refractivity contribution in [1.29, 1.82) is 0 Å². The van der Waals surface area contributed by atoms with Crippen LogP contribution in [0.25, 0.3) is 0 Å². The first kappa shape index (κ1) is 9.65. The van der Waals surface area contributed by atoms with E-state index >= 15 is 0 Å². The second kappa shape index (κ2) is 3.35. The summed E-state index contributed by atoms with van der Waals surface area (Å²) in [5, 5.41) is 0. The maximum atomic E-state index is 11.4. The summed E-state index contributed by atoms with van der Waals surface area (Å²) < 4.78 is 0. The maximum Gasteiger partial charge on any atom is 0.258 e. The predicted molar refractivity (Wildman–Crippen MR) is 57.5 cm³/mol. The molecule has 15 heavy (non-hydrogen) atoms. The van der Waals surface area contributed by atoms with Crippen molar-refractivity contribution in [2.24, 2.45) is 0 Å². The Bertz CT molecular complexity index is 436. The van der Waals surface area contributed by atoms with E-state index in [2.05, 4.69) is 0 Å². The lowest BCUT2D eigenvalue weighted by Crippen LogP contribution is -2.29. The van der Waals surface area contributed by atoms with Crippen molar-refractivity contribution >= 4 is 17.5 Å². The highest BCUT2D eigenvalue weighted by atomic mass is 16.2. The number of amides is 2. The molecular weight excluding hydrogens is 190 g/mol. The molecule has 76 valence electrons. The van der Waals surface area contributed by atoms with E-state index in [0.29, 0.717) is 5.69 Å². The average molecular weight is 201 g/mol. The van der Waals surface area contributed by atoms with E-state index in [1.165, 1.54) is 17.1 Å². The first-order chi connectivity index (χ1) is 7.08. The van der Waals surface area contributed by atoms with Crippen molar-refractivity contribution in [3.8, 4) is 0 Å². The first-order valence-corrected chi connectivity index (χ1v) is 4.72. The lowest BCUT2D eigenvalue weighted by molar-refractivity contribution is -0.119. The highest BCUT2D eigenvalue weighted by Gasteiger charge is 2.25. The van der Waals surface area contributed by atoms with Crippen molar-refractivity contribution in [3.05, 3.63) is 41.5 Å². The third-order valence-electron chi connectivity index (χ3n) is 2.27. The van der Waals surface area contributed by atoms with Crippen molar-refractivity contribution in [3.63, 3.8) is 0 Å². The number of imide groups is 1. The molecule has 3 nitrogen and oxygen atoms in total. The van der Waals surface area contributed by atoms with E-state index in [1.54, 1.807) is 0 Å². The smallest absolute Gasteiger partial charge is 0.258 e. The Morgan fingerprint density at radius 1 is 0.867 bits per heavy atom. The molecule has 2 rings (SSSR count). The standard InChI is InChI=1S/C12H11NO2/c1-8-5-9(2)7-10(6-8)13-11(14)3-4-12(13)15/h3-7H,1-2H3. The molecule has 0 unspecified atom stereocenters. The Kier molecular flexibility index (Phi) is 2.15. The van der Waals surface area contributed by atoms with Crippen LogP contribution in [-0.2, 0) is 9.59 Å². The average Bonchev–Trinajstić information content (AvgIpc) is 2.44. The molecule has 0 aliphatic carbocycles. The highest BCUT2D eigenvalue weighted by Crippen LogP contribution is 2.21. The summed E-state index contributed by atoms with van der Waals surface area (Å²) in [6.07, 6.45) is 2.58. The van der Waals surface area contributed by atoms with Crippen LogP contribution in [0, 0.1) is 13.8 Å². The van der Waals surface area contributed by atoms with E-state index < -0.39 is 0 Å². The molecule has 0 spiro atoms. The minimum atomic E-state index is -0.273. The molecule has 0 saturated heterocycles. The van der Waals surface area contributed by atoms with Gasteiger partial charge in [-0.2, -0.15) is 0 Å². The minimum absolute atomic E-state index is 0.273. The summed E-state index contributed by atoms with van der Waals surface area (Å²) in [6, 6.07) is 5.66. The van der Waals surface area contributed by atoms with Crippen LogP contribution in [0.4, 0.5) is 5.69 Å². The molecule has 1 aromatic rings. The number of anilines is 1. The van der Waals surface area contributed by atoms with Crippen LogP contribution >= 0.6 is 0 Å². The van der Waals surface area contributed by atoms with Crippen molar-refractivity contribution in [1.82, 2.24) is 0 Å². The molecule has 0 atom stereocenters. The third-order valence-corrected chi connectivity index (χ3v) is 2.27. The highest BCUT2D eigenvalue weighted by molar-refractivity contribution is 6.28. The molecular formula is C12H11NO2. The minimum Gasteiger partial charge on any atom is -0.269 e. The number of hydrogen-bond donors (Lipinski definition) is 0. The quantitative estimate of drug-likeness (QED) is 0.649. The van der Waals surface area contributed by atoms with Crippen LogP contribution in [0.2, 0.25) is 0 Å². The summed E-state index contributed by atoms with van der Waals surface area (Å²) in [6.45, 7) is 3.88. The van der Waals surface area contributed by atoms with Gasteiger partial charge < -0.3 is 0 Å². The number of nitrogens with zero attached hydrogens (tertiary/aromatic N) is 1. The van der Waals surface area contributed by atoms with Gasteiger partial charge in [-0.3, -0.25) is 9.59 Å². The molecule has 1 aliphatic rings. The second-order valence-corrected chi connectivity index (χ2v) is 3.69. The van der Waals surface area contributed by atoms with Gasteiger partial charge in [0.05, 0.1) is 5.69 Å². The SMILES string of the molecule is Cc1cc(C)cc(N2C(=O)C=CC2=O)c1. The fourth-order valence-electron chi connectivity index (χ4n) is 1.73. The summed E-state index contributed by atoms with van der Waals surface area (Å²) in [4.78, 5) is 24.0. The van der Waals surface area contributed by atoms with Crippen LogP contribution < -0.4 is 4.90 Å². The molecule has 0 aromatic heterocycles. The summed E-state index contributed by atoms with van der Waals surface area (Å²) in [5.74, 6) is -0.546. The Balaban J connectivity index is 2.46. The van der Waals surface area contributed by atoms with Gasteiger partial charge in [0, 0.05) is 12.2 Å². The lowest BCUT2D eigenvalue weighted by Gasteiger charge is -2.15. The van der Waals surface area contributed by atoms with Crippen LogP contribution in [-0.4, -0.2) is 11.8 Å². The van der Waals surface area contributed by atoms with E-state index in [9.17, 15) is 9.59 Å².